The number of nitrogens with two attached hydrogens (primary N) is 1. The Morgan fingerprint density at radius 2 is 2.08 bits per heavy atom. The summed E-state index contributed by atoms with van der Waals surface area (Å²) in [5.74, 6) is -0.465. The fraction of sp³-hybridized carbons (Fsp3) is 0.125. The number of nitrogens with zero attached hydrogens (tertiary/aromatic N) is 1. The number of nitrogen functional groups attached to an aromatic ring is 1. The Bertz CT molecular complexity index is 299. The second kappa shape index (κ2) is 3.23. The lowest BCUT2D eigenvalue weighted by atomic mass is 10.2. The Hall–Kier alpha value is -1.55. The summed E-state index contributed by atoms with van der Waals surface area (Å²) in [6, 6.07) is 6.60. The summed E-state index contributed by atoms with van der Waals surface area (Å²) in [5, 5.41) is 9.71. The lowest BCUT2D eigenvalue weighted by molar-refractivity contribution is -0.121. The van der Waals surface area contributed by atoms with Gasteiger partial charge in [0.25, 0.3) is 0 Å². The molecule has 0 unspecified atom stereocenters. The molecule has 64 valence electrons. The number of rotatable bonds is 1. The molecule has 0 saturated heterocycles. The Morgan fingerprint density at radius 3 is 2.58 bits per heavy atom. The molecule has 0 radical (unpaired) electrons. The van der Waals surface area contributed by atoms with Gasteiger partial charge in [-0.3, -0.25) is 10.0 Å². The average Bonchev–Trinajstić information content (AvgIpc) is 2.04. The van der Waals surface area contributed by atoms with Gasteiger partial charge in [-0.05, 0) is 12.1 Å². The van der Waals surface area contributed by atoms with E-state index in [1.807, 2.05) is 0 Å². The van der Waals surface area contributed by atoms with Crippen molar-refractivity contribution >= 4 is 17.3 Å². The summed E-state index contributed by atoms with van der Waals surface area (Å²) >= 11 is 0. The maximum absolute atomic E-state index is 10.7. The van der Waals surface area contributed by atoms with E-state index in [0.717, 1.165) is 0 Å². The molecule has 1 amide bonds. The highest BCUT2D eigenvalue weighted by molar-refractivity contribution is 5.92. The summed E-state index contributed by atoms with van der Waals surface area (Å²) < 4.78 is 0. The van der Waals surface area contributed by atoms with Gasteiger partial charge in [-0.15, -0.1) is 0 Å². The molecular weight excluding hydrogens is 156 g/mol. The number of hydrogen-bond donors (Lipinski definition) is 2. The first-order chi connectivity index (χ1) is 5.63. The molecule has 4 nitrogen and oxygen atoms in total. The van der Waals surface area contributed by atoms with Gasteiger partial charge in [0, 0.05) is 6.92 Å². The largest absolute Gasteiger partial charge is 0.397 e. The minimum Gasteiger partial charge on any atom is -0.397 e. The van der Waals surface area contributed by atoms with E-state index < -0.39 is 5.91 Å². The Morgan fingerprint density at radius 1 is 1.50 bits per heavy atom. The first-order valence-corrected chi connectivity index (χ1v) is 3.47. The van der Waals surface area contributed by atoms with Gasteiger partial charge < -0.3 is 5.73 Å². The van der Waals surface area contributed by atoms with E-state index >= 15 is 0 Å². The Labute approximate surface area is 70.2 Å². The lowest BCUT2D eigenvalue weighted by Gasteiger charge is -2.13. The molecule has 0 aliphatic carbocycles. The van der Waals surface area contributed by atoms with Crippen LogP contribution >= 0.6 is 0 Å². The molecule has 0 aliphatic rings. The predicted molar refractivity (Wildman–Crippen MR) is 45.8 cm³/mol. The topological polar surface area (TPSA) is 66.6 Å². The highest BCUT2D eigenvalue weighted by atomic mass is 16.5. The van der Waals surface area contributed by atoms with Crippen molar-refractivity contribution in [2.24, 2.45) is 0 Å². The van der Waals surface area contributed by atoms with Crippen LogP contribution in [0, 0.1) is 0 Å². The molecule has 1 rings (SSSR count). The van der Waals surface area contributed by atoms with Crippen LogP contribution in [-0.2, 0) is 4.79 Å². The zero-order valence-electron chi connectivity index (χ0n) is 6.69. The molecule has 0 bridgehead atoms. The van der Waals surface area contributed by atoms with Crippen LogP contribution in [0.15, 0.2) is 24.3 Å². The number of para-hydroxylation sites is 2. The van der Waals surface area contributed by atoms with Crippen molar-refractivity contribution < 1.29 is 10.0 Å². The summed E-state index contributed by atoms with van der Waals surface area (Å²) in [6.07, 6.45) is 0. The predicted octanol–water partition coefficient (Wildman–Crippen LogP) is 1.01. The van der Waals surface area contributed by atoms with Crippen molar-refractivity contribution in [3.05, 3.63) is 24.3 Å². The third-order valence-electron chi connectivity index (χ3n) is 1.46. The molecule has 0 saturated carbocycles. The number of hydrogen-bond acceptors (Lipinski definition) is 3. The Kier molecular flexibility index (Phi) is 2.30. The molecule has 3 N–H and O–H groups in total. The van der Waals surface area contributed by atoms with Gasteiger partial charge in [0.1, 0.15) is 0 Å². The van der Waals surface area contributed by atoms with Crippen LogP contribution in [0.25, 0.3) is 0 Å². The zero-order chi connectivity index (χ0) is 9.14. The van der Waals surface area contributed by atoms with Gasteiger partial charge in [-0.2, -0.15) is 5.06 Å². The van der Waals surface area contributed by atoms with E-state index in [-0.39, 0.29) is 0 Å². The number of amides is 1. The number of hydroxylamine groups is 1. The lowest BCUT2D eigenvalue weighted by Crippen LogP contribution is -2.24. The van der Waals surface area contributed by atoms with Gasteiger partial charge in [0.15, 0.2) is 0 Å². The highest BCUT2D eigenvalue weighted by Gasteiger charge is 2.09. The molecule has 0 atom stereocenters. The SMILES string of the molecule is CC(=O)N(O)c1ccccc1N. The molecule has 0 aromatic heterocycles. The second-order valence-corrected chi connectivity index (χ2v) is 2.39. The monoisotopic (exact) mass is 166 g/mol. The van der Waals surface area contributed by atoms with Crippen molar-refractivity contribution in [1.82, 2.24) is 0 Å². The minimum atomic E-state index is -0.465. The molecule has 4 heteroatoms. The van der Waals surface area contributed by atoms with Crippen molar-refractivity contribution in [2.45, 2.75) is 6.92 Å². The maximum atomic E-state index is 10.7. The first kappa shape index (κ1) is 8.55. The standard InChI is InChI=1S/C8H10N2O2/c1-6(11)10(12)8-5-3-2-4-7(8)9/h2-5,12H,9H2,1H3. The second-order valence-electron chi connectivity index (χ2n) is 2.39. The molecule has 0 aliphatic heterocycles. The molecule has 0 heterocycles. The minimum absolute atomic E-state index is 0.310. The number of carbonyl (C=O) groups is 1. The number of carbonyl (C=O) groups excluding carboxylic acids is 1. The van der Waals surface area contributed by atoms with Crippen molar-refractivity contribution in [2.75, 3.05) is 10.8 Å². The summed E-state index contributed by atoms with van der Waals surface area (Å²) in [6.45, 7) is 1.26. The third-order valence-corrected chi connectivity index (χ3v) is 1.46. The number of anilines is 2. The van der Waals surface area contributed by atoms with E-state index in [1.165, 1.54) is 6.92 Å². The van der Waals surface area contributed by atoms with Crippen LogP contribution in [0.5, 0.6) is 0 Å². The molecule has 1 aromatic carbocycles. The zero-order valence-corrected chi connectivity index (χ0v) is 6.69. The van der Waals surface area contributed by atoms with E-state index in [2.05, 4.69) is 0 Å². The smallest absolute Gasteiger partial charge is 0.247 e. The van der Waals surface area contributed by atoms with Crippen LogP contribution in [-0.4, -0.2) is 11.1 Å². The third kappa shape index (κ3) is 1.54. The average molecular weight is 166 g/mol. The fourth-order valence-electron chi connectivity index (χ4n) is 0.850. The highest BCUT2D eigenvalue weighted by Crippen LogP contribution is 2.20. The summed E-state index contributed by atoms with van der Waals surface area (Å²) in [4.78, 5) is 10.7. The Balaban J connectivity index is 3.02. The summed E-state index contributed by atoms with van der Waals surface area (Å²) in [5.41, 5.74) is 6.19. The summed E-state index contributed by atoms with van der Waals surface area (Å²) in [7, 11) is 0. The first-order valence-electron chi connectivity index (χ1n) is 3.47. The van der Waals surface area contributed by atoms with E-state index in [4.69, 9.17) is 5.73 Å². The van der Waals surface area contributed by atoms with Crippen LogP contribution in [0.2, 0.25) is 0 Å². The van der Waals surface area contributed by atoms with Crippen LogP contribution in [0.1, 0.15) is 6.92 Å². The fourth-order valence-corrected chi connectivity index (χ4v) is 0.850. The van der Waals surface area contributed by atoms with Gasteiger partial charge in [0.05, 0.1) is 11.4 Å². The van der Waals surface area contributed by atoms with Crippen LogP contribution < -0.4 is 10.8 Å². The van der Waals surface area contributed by atoms with Crippen LogP contribution in [0.4, 0.5) is 11.4 Å². The molecule has 12 heavy (non-hydrogen) atoms. The number of benzene rings is 1. The van der Waals surface area contributed by atoms with Crippen molar-refractivity contribution in [3.8, 4) is 0 Å². The molecule has 0 fully saturated rings. The molecule has 0 spiro atoms. The van der Waals surface area contributed by atoms with Gasteiger partial charge in [-0.25, -0.2) is 0 Å². The van der Waals surface area contributed by atoms with Crippen molar-refractivity contribution in [1.29, 1.82) is 0 Å². The van der Waals surface area contributed by atoms with Crippen molar-refractivity contribution in [3.63, 3.8) is 0 Å². The quantitative estimate of drug-likeness (QED) is 0.371. The van der Waals surface area contributed by atoms with E-state index in [0.29, 0.717) is 16.4 Å². The van der Waals surface area contributed by atoms with E-state index in [9.17, 15) is 10.0 Å². The maximum Gasteiger partial charge on any atom is 0.247 e. The normalized spacial score (nSPS) is 9.50. The van der Waals surface area contributed by atoms with Crippen LogP contribution in [0.3, 0.4) is 0 Å². The molecular formula is C8H10N2O2. The van der Waals surface area contributed by atoms with Gasteiger partial charge in [-0.1, -0.05) is 12.1 Å². The van der Waals surface area contributed by atoms with E-state index in [1.54, 1.807) is 24.3 Å². The molecule has 1 aromatic rings. The van der Waals surface area contributed by atoms with Gasteiger partial charge >= 0.3 is 0 Å². The van der Waals surface area contributed by atoms with Gasteiger partial charge in [0.2, 0.25) is 5.91 Å².